The Kier molecular flexibility index (Phi) is 2.15. The first-order valence-electron chi connectivity index (χ1n) is 9.18. The number of benzene rings is 2. The second-order valence-electron chi connectivity index (χ2n) is 5.73. The van der Waals surface area contributed by atoms with Gasteiger partial charge in [0.1, 0.15) is 11.2 Å². The first kappa shape index (κ1) is 10.6. The van der Waals surface area contributed by atoms with Crippen molar-refractivity contribution in [3.8, 4) is 11.3 Å². The lowest BCUT2D eigenvalue weighted by Gasteiger charge is -2.00. The molecule has 0 aliphatic carbocycles. The zero-order valence-corrected chi connectivity index (χ0v) is 12.7. The summed E-state index contributed by atoms with van der Waals surface area (Å²) in [6, 6.07) is 17.2. The Balaban J connectivity index is 1.88. The van der Waals surface area contributed by atoms with Crippen LogP contribution in [0.2, 0.25) is 0 Å². The van der Waals surface area contributed by atoms with E-state index in [1.165, 1.54) is 0 Å². The number of aromatic nitrogens is 2. The maximum Gasteiger partial charge on any atom is 0.144 e. The molecule has 3 heterocycles. The molecule has 24 heavy (non-hydrogen) atoms. The first-order valence-corrected chi connectivity index (χ1v) is 7.68. The van der Waals surface area contributed by atoms with Gasteiger partial charge in [0.05, 0.1) is 5.69 Å². The SMILES string of the molecule is [2H]C([2H])([2H])c1cc2c(ccc3c4cccc(-c5ccccn5)c4oc23)cn1. The number of nitrogens with zero attached hydrogens (tertiary/aromatic N) is 2. The number of pyridine rings is 2. The molecule has 3 nitrogen and oxygen atoms in total. The van der Waals surface area contributed by atoms with Crippen molar-refractivity contribution in [2.45, 2.75) is 6.85 Å². The average molecular weight is 313 g/mol. The molecule has 114 valence electrons. The monoisotopic (exact) mass is 313 g/mol. The summed E-state index contributed by atoms with van der Waals surface area (Å²) in [6.45, 7) is -2.26. The van der Waals surface area contributed by atoms with Crippen LogP contribution in [0, 0.1) is 6.85 Å². The summed E-state index contributed by atoms with van der Waals surface area (Å²) in [5.41, 5.74) is 3.21. The van der Waals surface area contributed by atoms with Crippen molar-refractivity contribution in [2.75, 3.05) is 0 Å². The minimum absolute atomic E-state index is 0.0629. The maximum absolute atomic E-state index is 7.64. The quantitative estimate of drug-likeness (QED) is 0.410. The van der Waals surface area contributed by atoms with Gasteiger partial charge in [0.25, 0.3) is 0 Å². The Morgan fingerprint density at radius 2 is 1.83 bits per heavy atom. The smallest absolute Gasteiger partial charge is 0.144 e. The van der Waals surface area contributed by atoms with Gasteiger partial charge in [-0.1, -0.05) is 24.3 Å². The molecule has 0 N–H and O–H groups in total. The number of hydrogen-bond acceptors (Lipinski definition) is 3. The predicted octanol–water partition coefficient (Wildman–Crippen LogP) is 5.50. The number of para-hydroxylation sites is 1. The topological polar surface area (TPSA) is 38.9 Å². The molecule has 5 rings (SSSR count). The molecule has 5 aromatic rings. The van der Waals surface area contributed by atoms with Crippen LogP contribution in [0.4, 0.5) is 0 Å². The zero-order valence-electron chi connectivity index (χ0n) is 15.7. The van der Waals surface area contributed by atoms with E-state index in [0.29, 0.717) is 5.58 Å². The van der Waals surface area contributed by atoms with Crippen molar-refractivity contribution in [3.63, 3.8) is 0 Å². The van der Waals surface area contributed by atoms with Crippen molar-refractivity contribution >= 4 is 32.7 Å². The molecule has 3 aromatic heterocycles. The molecule has 0 saturated heterocycles. The second kappa shape index (κ2) is 4.90. The van der Waals surface area contributed by atoms with E-state index >= 15 is 0 Å². The van der Waals surface area contributed by atoms with Gasteiger partial charge in [-0.25, -0.2) is 0 Å². The van der Waals surface area contributed by atoms with Crippen LogP contribution < -0.4 is 0 Å². The summed E-state index contributed by atoms with van der Waals surface area (Å²) in [4.78, 5) is 8.52. The summed E-state index contributed by atoms with van der Waals surface area (Å²) in [6.07, 6.45) is 3.34. The molecule has 0 unspecified atom stereocenters. The highest BCUT2D eigenvalue weighted by molar-refractivity contribution is 6.16. The number of rotatable bonds is 1. The maximum atomic E-state index is 7.64. The van der Waals surface area contributed by atoms with Gasteiger partial charge in [0, 0.05) is 49.3 Å². The minimum Gasteiger partial charge on any atom is -0.455 e. The van der Waals surface area contributed by atoms with Gasteiger partial charge >= 0.3 is 0 Å². The van der Waals surface area contributed by atoms with E-state index in [2.05, 4.69) is 9.97 Å². The Hall–Kier alpha value is -3.20. The Morgan fingerprint density at radius 1 is 0.875 bits per heavy atom. The fourth-order valence-corrected chi connectivity index (χ4v) is 3.20. The lowest BCUT2D eigenvalue weighted by molar-refractivity contribution is 0.673. The van der Waals surface area contributed by atoms with Crippen LogP contribution in [-0.2, 0) is 0 Å². The third-order valence-electron chi connectivity index (χ3n) is 4.30. The van der Waals surface area contributed by atoms with E-state index in [1.54, 1.807) is 18.5 Å². The van der Waals surface area contributed by atoms with Crippen molar-refractivity contribution in [1.82, 2.24) is 9.97 Å². The van der Waals surface area contributed by atoms with Crippen LogP contribution in [0.25, 0.3) is 44.0 Å². The summed E-state index contributed by atoms with van der Waals surface area (Å²) < 4.78 is 29.2. The second-order valence-corrected chi connectivity index (χ2v) is 5.73. The largest absolute Gasteiger partial charge is 0.455 e. The van der Waals surface area contributed by atoms with Gasteiger partial charge in [-0.05, 0) is 37.2 Å². The van der Waals surface area contributed by atoms with E-state index in [-0.39, 0.29) is 5.69 Å². The van der Waals surface area contributed by atoms with E-state index in [4.69, 9.17) is 8.53 Å². The molecular formula is C21H14N2O. The third kappa shape index (κ3) is 1.85. The van der Waals surface area contributed by atoms with Crippen LogP contribution in [0.5, 0.6) is 0 Å². The number of aryl methyl sites for hydroxylation is 1. The van der Waals surface area contributed by atoms with Gasteiger partial charge in [0.2, 0.25) is 0 Å². The Labute approximate surface area is 142 Å². The van der Waals surface area contributed by atoms with Crippen LogP contribution in [-0.4, -0.2) is 9.97 Å². The van der Waals surface area contributed by atoms with Crippen LogP contribution in [0.1, 0.15) is 9.81 Å². The van der Waals surface area contributed by atoms with Crippen LogP contribution in [0.3, 0.4) is 0 Å². The Morgan fingerprint density at radius 3 is 2.71 bits per heavy atom. The molecule has 0 spiro atoms. The van der Waals surface area contributed by atoms with Gasteiger partial charge in [-0.3, -0.25) is 9.97 Å². The fourth-order valence-electron chi connectivity index (χ4n) is 3.20. The van der Waals surface area contributed by atoms with Crippen LogP contribution in [0.15, 0.2) is 71.4 Å². The van der Waals surface area contributed by atoms with E-state index in [1.807, 2.05) is 48.5 Å². The number of furan rings is 1. The van der Waals surface area contributed by atoms with Gasteiger partial charge in [0.15, 0.2) is 0 Å². The predicted molar refractivity (Wildman–Crippen MR) is 97.0 cm³/mol. The summed E-state index contributed by atoms with van der Waals surface area (Å²) in [5.74, 6) is 0. The fraction of sp³-hybridized carbons (Fsp3) is 0.0476. The van der Waals surface area contributed by atoms with Crippen molar-refractivity contribution < 1.29 is 8.53 Å². The molecule has 0 aliphatic heterocycles. The molecule has 0 radical (unpaired) electrons. The van der Waals surface area contributed by atoms with Gasteiger partial charge < -0.3 is 4.42 Å². The molecule has 0 bridgehead atoms. The van der Waals surface area contributed by atoms with Crippen molar-refractivity contribution in [3.05, 3.63) is 72.7 Å². The van der Waals surface area contributed by atoms with Gasteiger partial charge in [-0.15, -0.1) is 0 Å². The van der Waals surface area contributed by atoms with E-state index < -0.39 is 6.85 Å². The summed E-state index contributed by atoms with van der Waals surface area (Å²) in [5, 5.41) is 3.51. The van der Waals surface area contributed by atoms with E-state index in [0.717, 1.165) is 38.4 Å². The highest BCUT2D eigenvalue weighted by Gasteiger charge is 2.14. The lowest BCUT2D eigenvalue weighted by atomic mass is 10.0. The van der Waals surface area contributed by atoms with Crippen LogP contribution >= 0.6 is 0 Å². The molecule has 0 fully saturated rings. The lowest BCUT2D eigenvalue weighted by Crippen LogP contribution is -1.81. The standard InChI is InChI=1S/C21H14N2O/c1-13-11-18-14(12-23-13)8-9-16-15-5-4-6-17(20(15)24-21(16)18)19-7-2-3-10-22-19/h2-12H,1H3/i1D3. The normalized spacial score (nSPS) is 13.9. The van der Waals surface area contributed by atoms with Gasteiger partial charge in [-0.2, -0.15) is 0 Å². The Bertz CT molecular complexity index is 1310. The van der Waals surface area contributed by atoms with Crippen molar-refractivity contribution in [2.24, 2.45) is 0 Å². The average Bonchev–Trinajstić information content (AvgIpc) is 3.07. The third-order valence-corrected chi connectivity index (χ3v) is 4.30. The van der Waals surface area contributed by atoms with E-state index in [9.17, 15) is 0 Å². The molecule has 0 amide bonds. The molecule has 3 heteroatoms. The van der Waals surface area contributed by atoms with Crippen molar-refractivity contribution in [1.29, 1.82) is 0 Å². The summed E-state index contributed by atoms with van der Waals surface area (Å²) in [7, 11) is 0. The summed E-state index contributed by atoms with van der Waals surface area (Å²) >= 11 is 0. The number of fused-ring (bicyclic) bond motifs is 5. The highest BCUT2D eigenvalue weighted by Crippen LogP contribution is 2.38. The molecular weight excluding hydrogens is 296 g/mol. The molecule has 2 aromatic carbocycles. The molecule has 0 saturated carbocycles. The molecule has 0 aliphatic rings. The first-order chi connectivity index (χ1) is 13.0. The highest BCUT2D eigenvalue weighted by atomic mass is 16.3. The minimum atomic E-state index is -2.26. The number of hydrogen-bond donors (Lipinski definition) is 0. The molecule has 0 atom stereocenters. The zero-order chi connectivity index (χ0) is 18.6.